The molecular weight excluding hydrogens is 440 g/mol. The van der Waals surface area contributed by atoms with Gasteiger partial charge in [0.25, 0.3) is 0 Å². The summed E-state index contributed by atoms with van der Waals surface area (Å²) in [7, 11) is -3.26. The molecule has 0 saturated heterocycles. The van der Waals surface area contributed by atoms with Crippen LogP contribution in [0.4, 0.5) is 0 Å². The molecule has 1 aromatic carbocycles. The largest absolute Gasteiger partial charge is 0.390 e. The summed E-state index contributed by atoms with van der Waals surface area (Å²) >= 11 is 0. The van der Waals surface area contributed by atoms with Crippen molar-refractivity contribution in [2.45, 2.75) is 96.0 Å². The summed E-state index contributed by atoms with van der Waals surface area (Å²) in [4.78, 5) is 0.466. The van der Waals surface area contributed by atoms with Crippen molar-refractivity contribution in [2.24, 2.45) is 40.4 Å². The number of fused-ring (bicyclic) bond motifs is 5. The molecular formula is C30H44O3S. The average Bonchev–Trinajstić information content (AvgIpc) is 3.07. The molecule has 1 N–H and O–H groups in total. The lowest BCUT2D eigenvalue weighted by molar-refractivity contribution is -0.0614. The molecule has 3 saturated carbocycles. The number of sulfone groups is 1. The fourth-order valence-electron chi connectivity index (χ4n) is 9.21. The van der Waals surface area contributed by atoms with Crippen molar-refractivity contribution in [3.63, 3.8) is 0 Å². The van der Waals surface area contributed by atoms with Crippen molar-refractivity contribution < 1.29 is 13.5 Å². The van der Waals surface area contributed by atoms with Crippen LogP contribution < -0.4 is 0 Å². The Hall–Kier alpha value is -1.13. The van der Waals surface area contributed by atoms with Crippen LogP contribution in [0.3, 0.4) is 0 Å². The van der Waals surface area contributed by atoms with Gasteiger partial charge in [-0.3, -0.25) is 0 Å². The Kier molecular flexibility index (Phi) is 6.12. The van der Waals surface area contributed by atoms with Crippen LogP contribution in [0.5, 0.6) is 0 Å². The first-order valence-electron chi connectivity index (χ1n) is 13.7. The van der Waals surface area contributed by atoms with E-state index in [1.54, 1.807) is 12.1 Å². The van der Waals surface area contributed by atoms with Crippen LogP contribution in [0.1, 0.15) is 85.5 Å². The maximum absolute atomic E-state index is 13.2. The molecule has 5 rings (SSSR count). The summed E-state index contributed by atoms with van der Waals surface area (Å²) < 4.78 is 26.3. The number of hydrogen-bond donors (Lipinski definition) is 1. The van der Waals surface area contributed by atoms with E-state index >= 15 is 0 Å². The highest BCUT2D eigenvalue weighted by Crippen LogP contribution is 2.67. The summed E-state index contributed by atoms with van der Waals surface area (Å²) in [5.74, 6) is 3.05. The molecule has 0 bridgehead atoms. The normalized spacial score (nSPS) is 43.1. The van der Waals surface area contributed by atoms with Gasteiger partial charge in [0.1, 0.15) is 0 Å². The average molecular weight is 485 g/mol. The predicted molar refractivity (Wildman–Crippen MR) is 138 cm³/mol. The Balaban J connectivity index is 1.36. The minimum Gasteiger partial charge on any atom is -0.390 e. The van der Waals surface area contributed by atoms with E-state index in [-0.39, 0.29) is 22.5 Å². The first-order chi connectivity index (χ1) is 16.0. The van der Waals surface area contributed by atoms with Gasteiger partial charge in [0.15, 0.2) is 9.84 Å². The zero-order valence-corrected chi connectivity index (χ0v) is 22.4. The summed E-state index contributed by atoms with van der Waals surface area (Å²) in [6.45, 7) is 9.22. The van der Waals surface area contributed by atoms with E-state index in [1.807, 2.05) is 25.1 Å². The Morgan fingerprint density at radius 3 is 2.44 bits per heavy atom. The highest BCUT2D eigenvalue weighted by molar-refractivity contribution is 7.91. The van der Waals surface area contributed by atoms with Gasteiger partial charge < -0.3 is 5.11 Å². The number of benzene rings is 1. The van der Waals surface area contributed by atoms with Crippen LogP contribution in [0, 0.1) is 40.4 Å². The SMILES string of the molecule is C[C@H](CS(=O)(=O)c1ccccc1)[C@H]1CC[C@H]2[C@H]3CCC=C4C[C@@](C)(O)CC[C@]4(C)[C@H]3CC[C@]12C. The van der Waals surface area contributed by atoms with Crippen LogP contribution in [0.2, 0.25) is 0 Å². The van der Waals surface area contributed by atoms with Crippen molar-refractivity contribution in [3.8, 4) is 0 Å². The minimum atomic E-state index is -3.26. The first-order valence-corrected chi connectivity index (χ1v) is 15.3. The smallest absolute Gasteiger partial charge is 0.178 e. The highest BCUT2D eigenvalue weighted by Gasteiger charge is 2.59. The van der Waals surface area contributed by atoms with Gasteiger partial charge in [-0.25, -0.2) is 8.42 Å². The van der Waals surface area contributed by atoms with Crippen molar-refractivity contribution >= 4 is 9.84 Å². The number of hydrogen-bond acceptors (Lipinski definition) is 3. The fraction of sp³-hybridized carbons (Fsp3) is 0.733. The molecule has 0 spiro atoms. The maximum Gasteiger partial charge on any atom is 0.178 e. The lowest BCUT2D eigenvalue weighted by Crippen LogP contribution is -2.50. The predicted octanol–water partition coefficient (Wildman–Crippen LogP) is 6.82. The van der Waals surface area contributed by atoms with Gasteiger partial charge in [-0.15, -0.1) is 0 Å². The van der Waals surface area contributed by atoms with E-state index in [1.165, 1.54) is 37.7 Å². The topological polar surface area (TPSA) is 54.4 Å². The molecule has 34 heavy (non-hydrogen) atoms. The standard InChI is InChI=1S/C30H44O3S/c1-21(20-34(32,33)23-10-6-5-7-11-23)25-13-14-26-24-12-8-9-22-19-28(2,31)17-18-29(22,3)27(24)15-16-30(25,26)4/h5-7,9-11,21,24-27,31H,8,12-20H2,1-4H3/t21-,24-,25-,26+,27+,28+,29+,30-/m1/s1. The third-order valence-corrected chi connectivity index (χ3v) is 12.9. The summed E-state index contributed by atoms with van der Waals surface area (Å²) in [5, 5.41) is 10.8. The molecule has 0 amide bonds. The van der Waals surface area contributed by atoms with Crippen LogP contribution >= 0.6 is 0 Å². The van der Waals surface area contributed by atoms with Crippen molar-refractivity contribution in [2.75, 3.05) is 5.75 Å². The van der Waals surface area contributed by atoms with Gasteiger partial charge in [0.2, 0.25) is 0 Å². The molecule has 1 aromatic rings. The van der Waals surface area contributed by atoms with Crippen molar-refractivity contribution in [1.29, 1.82) is 0 Å². The van der Waals surface area contributed by atoms with Crippen molar-refractivity contribution in [3.05, 3.63) is 42.0 Å². The van der Waals surface area contributed by atoms with Crippen LogP contribution in [-0.2, 0) is 9.84 Å². The number of rotatable bonds is 4. The molecule has 3 fully saturated rings. The molecule has 0 unspecified atom stereocenters. The van der Waals surface area contributed by atoms with E-state index in [0.717, 1.165) is 31.6 Å². The number of allylic oxidation sites excluding steroid dienone is 1. The Morgan fingerprint density at radius 1 is 0.971 bits per heavy atom. The highest BCUT2D eigenvalue weighted by atomic mass is 32.2. The second kappa shape index (κ2) is 8.47. The van der Waals surface area contributed by atoms with Gasteiger partial charge in [-0.1, -0.05) is 50.6 Å². The van der Waals surface area contributed by atoms with Gasteiger partial charge >= 0.3 is 0 Å². The Morgan fingerprint density at radius 2 is 1.71 bits per heavy atom. The van der Waals surface area contributed by atoms with E-state index < -0.39 is 15.4 Å². The van der Waals surface area contributed by atoms with Crippen LogP contribution in [0.25, 0.3) is 0 Å². The second-order valence-corrected chi connectivity index (χ2v) is 15.1. The molecule has 4 aliphatic carbocycles. The monoisotopic (exact) mass is 484 g/mol. The van der Waals surface area contributed by atoms with Crippen molar-refractivity contribution in [1.82, 2.24) is 0 Å². The van der Waals surface area contributed by atoms with Gasteiger partial charge in [-0.05, 0) is 117 Å². The van der Waals surface area contributed by atoms with E-state index in [4.69, 9.17) is 0 Å². The molecule has 3 nitrogen and oxygen atoms in total. The van der Waals surface area contributed by atoms with E-state index in [9.17, 15) is 13.5 Å². The molecule has 0 aliphatic heterocycles. The zero-order valence-electron chi connectivity index (χ0n) is 21.6. The van der Waals surface area contributed by atoms with Gasteiger partial charge in [0.05, 0.1) is 16.2 Å². The summed E-state index contributed by atoms with van der Waals surface area (Å²) in [6, 6.07) is 9.01. The molecule has 4 heteroatoms. The molecule has 0 aromatic heterocycles. The van der Waals surface area contributed by atoms with E-state index in [2.05, 4.69) is 26.8 Å². The van der Waals surface area contributed by atoms with Crippen LogP contribution in [-0.4, -0.2) is 24.9 Å². The molecule has 0 radical (unpaired) electrons. The third-order valence-electron chi connectivity index (χ3n) is 11.0. The zero-order chi connectivity index (χ0) is 24.4. The quantitative estimate of drug-likeness (QED) is 0.477. The first kappa shape index (κ1) is 24.6. The fourth-order valence-corrected chi connectivity index (χ4v) is 10.9. The minimum absolute atomic E-state index is 0.177. The molecule has 4 aliphatic rings. The van der Waals surface area contributed by atoms with Crippen LogP contribution in [0.15, 0.2) is 46.9 Å². The van der Waals surface area contributed by atoms with E-state index in [0.29, 0.717) is 22.6 Å². The van der Waals surface area contributed by atoms with Gasteiger partial charge in [-0.2, -0.15) is 0 Å². The third kappa shape index (κ3) is 4.01. The van der Waals surface area contributed by atoms with Gasteiger partial charge in [0, 0.05) is 0 Å². The Labute approximate surface area is 207 Å². The second-order valence-electron chi connectivity index (χ2n) is 13.1. The molecule has 0 heterocycles. The molecule has 8 atom stereocenters. The Bertz CT molecular complexity index is 1040. The maximum atomic E-state index is 13.2. The summed E-state index contributed by atoms with van der Waals surface area (Å²) in [6.07, 6.45) is 12.6. The lowest BCUT2D eigenvalue weighted by atomic mass is 9.49. The summed E-state index contributed by atoms with van der Waals surface area (Å²) in [5.41, 5.74) is 1.45. The molecule has 188 valence electrons. The number of aliphatic hydroxyl groups is 1. The lowest BCUT2D eigenvalue weighted by Gasteiger charge is -2.56.